The average Bonchev–Trinajstić information content (AvgIpc) is 2.70. The fourth-order valence-corrected chi connectivity index (χ4v) is 3.52. The molecule has 3 rings (SSSR count). The molecule has 0 spiro atoms. The molecule has 0 radical (unpaired) electrons. The number of aromatic amines is 1. The first kappa shape index (κ1) is 19.9. The van der Waals surface area contributed by atoms with Crippen LogP contribution in [0.25, 0.3) is 0 Å². The lowest BCUT2D eigenvalue weighted by atomic mass is 10.0. The molecule has 29 heavy (non-hydrogen) atoms. The second-order valence-electron chi connectivity index (χ2n) is 7.08. The molecular formula is C23H21N5O. The van der Waals surface area contributed by atoms with Crippen molar-refractivity contribution >= 4 is 11.5 Å². The molecule has 144 valence electrons. The van der Waals surface area contributed by atoms with E-state index in [9.17, 15) is 10.1 Å². The summed E-state index contributed by atoms with van der Waals surface area (Å²) in [5.41, 5.74) is 5.30. The van der Waals surface area contributed by atoms with Gasteiger partial charge in [-0.25, -0.2) is 4.98 Å². The van der Waals surface area contributed by atoms with E-state index in [2.05, 4.69) is 17.1 Å². The molecule has 1 aromatic heterocycles. The Morgan fingerprint density at radius 3 is 2.14 bits per heavy atom. The molecule has 0 atom stereocenters. The molecule has 0 unspecified atom stereocenters. The lowest BCUT2D eigenvalue weighted by molar-refractivity contribution is 0.911. The normalized spacial score (nSPS) is 10.3. The number of anilines is 2. The third kappa shape index (κ3) is 4.02. The monoisotopic (exact) mass is 383 g/mol. The van der Waals surface area contributed by atoms with E-state index < -0.39 is 0 Å². The quantitative estimate of drug-likeness (QED) is 0.739. The van der Waals surface area contributed by atoms with Gasteiger partial charge in [-0.1, -0.05) is 12.1 Å². The van der Waals surface area contributed by atoms with E-state index >= 15 is 0 Å². The van der Waals surface area contributed by atoms with Gasteiger partial charge in [0.25, 0.3) is 5.56 Å². The molecule has 0 saturated carbocycles. The number of aryl methyl sites for hydroxylation is 2. The molecule has 0 aliphatic heterocycles. The zero-order valence-corrected chi connectivity index (χ0v) is 16.9. The first-order valence-corrected chi connectivity index (χ1v) is 9.18. The second kappa shape index (κ2) is 8.00. The van der Waals surface area contributed by atoms with Gasteiger partial charge in [0.1, 0.15) is 11.6 Å². The maximum absolute atomic E-state index is 12.5. The van der Waals surface area contributed by atoms with Gasteiger partial charge in [-0.05, 0) is 61.7 Å². The third-order valence-corrected chi connectivity index (χ3v) is 4.90. The Hall–Kier alpha value is -3.90. The summed E-state index contributed by atoms with van der Waals surface area (Å²) in [5, 5.41) is 18.1. The summed E-state index contributed by atoms with van der Waals surface area (Å²) in [6.45, 7) is 5.64. The van der Waals surface area contributed by atoms with Gasteiger partial charge in [-0.3, -0.25) is 4.79 Å². The van der Waals surface area contributed by atoms with E-state index in [-0.39, 0.29) is 5.56 Å². The van der Waals surface area contributed by atoms with Crippen molar-refractivity contribution < 1.29 is 0 Å². The predicted octanol–water partition coefficient (Wildman–Crippen LogP) is 3.80. The number of aromatic nitrogens is 2. The number of hydrogen-bond acceptors (Lipinski definition) is 5. The second-order valence-corrected chi connectivity index (χ2v) is 7.08. The van der Waals surface area contributed by atoms with Crippen LogP contribution in [-0.2, 0) is 6.42 Å². The van der Waals surface area contributed by atoms with Gasteiger partial charge in [-0.2, -0.15) is 10.5 Å². The summed E-state index contributed by atoms with van der Waals surface area (Å²) in [6.07, 6.45) is 0.452. The highest BCUT2D eigenvalue weighted by atomic mass is 16.1. The standard InChI is InChI=1S/C23H21N5O/c1-14-9-19(13-25)10-15(2)21(14)28(4)22-16(3)23(29)27-20(26-22)11-17-5-7-18(12-24)8-6-17/h5-10H,11H2,1-4H3,(H,26,27,29). The van der Waals surface area contributed by atoms with Crippen molar-refractivity contribution in [3.05, 3.63) is 86.0 Å². The van der Waals surface area contributed by atoms with E-state index in [0.29, 0.717) is 34.8 Å². The third-order valence-electron chi connectivity index (χ3n) is 4.90. The molecule has 3 aromatic rings. The van der Waals surface area contributed by atoms with Crippen molar-refractivity contribution in [3.63, 3.8) is 0 Å². The maximum atomic E-state index is 12.5. The van der Waals surface area contributed by atoms with Gasteiger partial charge in [0.05, 0.1) is 28.8 Å². The predicted molar refractivity (Wildman–Crippen MR) is 112 cm³/mol. The lowest BCUT2D eigenvalue weighted by Gasteiger charge is -2.24. The van der Waals surface area contributed by atoms with Crippen LogP contribution in [0.5, 0.6) is 0 Å². The van der Waals surface area contributed by atoms with Crippen LogP contribution in [0.2, 0.25) is 0 Å². The zero-order valence-electron chi connectivity index (χ0n) is 16.9. The van der Waals surface area contributed by atoms with Crippen LogP contribution < -0.4 is 10.5 Å². The van der Waals surface area contributed by atoms with Crippen LogP contribution in [0.3, 0.4) is 0 Å². The average molecular weight is 383 g/mol. The Morgan fingerprint density at radius 2 is 1.59 bits per heavy atom. The Kier molecular flexibility index (Phi) is 5.47. The number of rotatable bonds is 4. The number of H-pyrrole nitrogens is 1. The molecule has 1 heterocycles. The highest BCUT2D eigenvalue weighted by molar-refractivity contribution is 5.69. The summed E-state index contributed by atoms with van der Waals surface area (Å²) in [7, 11) is 1.88. The van der Waals surface area contributed by atoms with E-state index in [1.807, 2.05) is 50.1 Å². The Labute approximate surface area is 169 Å². The van der Waals surface area contributed by atoms with Crippen molar-refractivity contribution in [1.29, 1.82) is 10.5 Å². The summed E-state index contributed by atoms with van der Waals surface area (Å²) >= 11 is 0. The first-order valence-electron chi connectivity index (χ1n) is 9.18. The Morgan fingerprint density at radius 1 is 1.00 bits per heavy atom. The fourth-order valence-electron chi connectivity index (χ4n) is 3.52. The summed E-state index contributed by atoms with van der Waals surface area (Å²) < 4.78 is 0. The molecule has 0 amide bonds. The van der Waals surface area contributed by atoms with Crippen LogP contribution in [0.1, 0.15) is 39.2 Å². The molecule has 0 bridgehead atoms. The van der Waals surface area contributed by atoms with Crippen LogP contribution >= 0.6 is 0 Å². The van der Waals surface area contributed by atoms with Gasteiger partial charge in [0.15, 0.2) is 0 Å². The molecule has 0 saturated heterocycles. The van der Waals surface area contributed by atoms with Crippen molar-refractivity contribution in [2.75, 3.05) is 11.9 Å². The fraction of sp³-hybridized carbons (Fsp3) is 0.217. The molecule has 0 aliphatic rings. The largest absolute Gasteiger partial charge is 0.329 e. The number of benzene rings is 2. The maximum Gasteiger partial charge on any atom is 0.255 e. The first-order chi connectivity index (χ1) is 13.8. The Balaban J connectivity index is 2.03. The number of nitrogens with one attached hydrogen (secondary N) is 1. The molecule has 6 nitrogen and oxygen atoms in total. The van der Waals surface area contributed by atoms with Crippen molar-refractivity contribution in [1.82, 2.24) is 9.97 Å². The summed E-state index contributed by atoms with van der Waals surface area (Å²) in [4.78, 5) is 22.0. The minimum absolute atomic E-state index is 0.186. The number of nitriles is 2. The van der Waals surface area contributed by atoms with Crippen LogP contribution in [-0.4, -0.2) is 17.0 Å². The number of nitrogens with zero attached hydrogens (tertiary/aromatic N) is 4. The van der Waals surface area contributed by atoms with Gasteiger partial charge < -0.3 is 9.88 Å². The van der Waals surface area contributed by atoms with Crippen molar-refractivity contribution in [3.8, 4) is 12.1 Å². The van der Waals surface area contributed by atoms with E-state index in [0.717, 1.165) is 22.4 Å². The van der Waals surface area contributed by atoms with Crippen molar-refractivity contribution in [2.24, 2.45) is 0 Å². The van der Waals surface area contributed by atoms with Crippen LogP contribution in [0, 0.1) is 43.4 Å². The molecule has 0 aliphatic carbocycles. The van der Waals surface area contributed by atoms with Crippen LogP contribution in [0.4, 0.5) is 11.5 Å². The lowest BCUT2D eigenvalue weighted by Crippen LogP contribution is -2.23. The van der Waals surface area contributed by atoms with Gasteiger partial charge in [-0.15, -0.1) is 0 Å². The molecule has 1 N–H and O–H groups in total. The molecule has 0 fully saturated rings. The molecule has 2 aromatic carbocycles. The highest BCUT2D eigenvalue weighted by Gasteiger charge is 2.17. The van der Waals surface area contributed by atoms with Gasteiger partial charge >= 0.3 is 0 Å². The minimum Gasteiger partial charge on any atom is -0.329 e. The smallest absolute Gasteiger partial charge is 0.255 e. The Bertz CT molecular complexity index is 1190. The topological polar surface area (TPSA) is 96.6 Å². The van der Waals surface area contributed by atoms with E-state index in [4.69, 9.17) is 10.2 Å². The summed E-state index contributed by atoms with van der Waals surface area (Å²) in [6, 6.07) is 15.1. The van der Waals surface area contributed by atoms with Gasteiger partial charge in [0, 0.05) is 19.2 Å². The highest BCUT2D eigenvalue weighted by Crippen LogP contribution is 2.31. The molecule has 6 heteroatoms. The molecular weight excluding hydrogens is 362 g/mol. The minimum atomic E-state index is -0.186. The van der Waals surface area contributed by atoms with E-state index in [1.54, 1.807) is 19.1 Å². The SMILES string of the molecule is Cc1cc(C#N)cc(C)c1N(C)c1nc(Cc2ccc(C#N)cc2)[nH]c(=O)c1C. The number of hydrogen-bond donors (Lipinski definition) is 1. The van der Waals surface area contributed by atoms with Crippen LogP contribution in [0.15, 0.2) is 41.2 Å². The van der Waals surface area contributed by atoms with E-state index in [1.165, 1.54) is 0 Å². The van der Waals surface area contributed by atoms with Gasteiger partial charge in [0.2, 0.25) is 0 Å². The summed E-state index contributed by atoms with van der Waals surface area (Å²) in [5.74, 6) is 1.13. The zero-order chi connectivity index (χ0) is 21.1. The van der Waals surface area contributed by atoms with Crippen molar-refractivity contribution in [2.45, 2.75) is 27.2 Å².